The molecule has 1 aliphatic heterocycles. The average Bonchev–Trinajstić information content (AvgIpc) is 3.34. The zero-order valence-electron chi connectivity index (χ0n) is 16.3. The molecule has 2 heterocycles. The summed E-state index contributed by atoms with van der Waals surface area (Å²) in [6.07, 6.45) is 2.26. The molecule has 0 unspecified atom stereocenters. The molecule has 1 saturated carbocycles. The third-order valence-corrected chi connectivity index (χ3v) is 7.33. The Balaban J connectivity index is 1.30. The quantitative estimate of drug-likeness (QED) is 0.522. The second-order valence-corrected chi connectivity index (χ2v) is 9.53. The molecular weight excluding hydrogens is 419 g/mol. The van der Waals surface area contributed by atoms with Crippen LogP contribution in [0.5, 0.6) is 0 Å². The number of rotatable bonds is 6. The van der Waals surface area contributed by atoms with Crippen LogP contribution in [0, 0.1) is 5.82 Å². The fourth-order valence-electron chi connectivity index (χ4n) is 3.60. The minimum absolute atomic E-state index is 0.0118. The molecular formula is C22H21FN4OS2. The van der Waals surface area contributed by atoms with E-state index in [4.69, 9.17) is 4.98 Å². The standard InChI is InChI=1S/C22H21FN4OS2/c23-18-9-5-4-8-17(18)21-26(12-13-29-21)19(28)14-30-22-24-20(15-10-11-15)27(25-22)16-6-2-1-3-7-16/h1-9,15,21H,10-14H2/t21-/m1/s1. The summed E-state index contributed by atoms with van der Waals surface area (Å²) < 4.78 is 16.1. The Morgan fingerprint density at radius 2 is 1.90 bits per heavy atom. The topological polar surface area (TPSA) is 51.0 Å². The highest BCUT2D eigenvalue weighted by Crippen LogP contribution is 2.41. The van der Waals surface area contributed by atoms with Crippen LogP contribution in [0.4, 0.5) is 4.39 Å². The lowest BCUT2D eigenvalue weighted by atomic mass is 10.2. The number of halogens is 1. The van der Waals surface area contributed by atoms with Gasteiger partial charge >= 0.3 is 0 Å². The van der Waals surface area contributed by atoms with Gasteiger partial charge in [-0.2, -0.15) is 0 Å². The van der Waals surface area contributed by atoms with E-state index in [0.717, 1.165) is 30.1 Å². The van der Waals surface area contributed by atoms with Crippen molar-refractivity contribution in [3.8, 4) is 5.69 Å². The van der Waals surface area contributed by atoms with Crippen molar-refractivity contribution in [2.45, 2.75) is 29.3 Å². The van der Waals surface area contributed by atoms with E-state index in [0.29, 0.717) is 23.2 Å². The molecule has 30 heavy (non-hydrogen) atoms. The summed E-state index contributed by atoms with van der Waals surface area (Å²) in [7, 11) is 0. The summed E-state index contributed by atoms with van der Waals surface area (Å²) in [5, 5.41) is 5.01. The normalized spacial score (nSPS) is 18.7. The van der Waals surface area contributed by atoms with E-state index >= 15 is 0 Å². The third-order valence-electron chi connectivity index (χ3n) is 5.26. The number of thioether (sulfide) groups is 2. The van der Waals surface area contributed by atoms with Gasteiger partial charge in [0.2, 0.25) is 11.1 Å². The van der Waals surface area contributed by atoms with Crippen molar-refractivity contribution in [2.24, 2.45) is 0 Å². The maximum atomic E-state index is 14.2. The molecule has 0 spiro atoms. The number of carbonyl (C=O) groups is 1. The van der Waals surface area contributed by atoms with Crippen molar-refractivity contribution in [1.29, 1.82) is 0 Å². The van der Waals surface area contributed by atoms with E-state index in [-0.39, 0.29) is 22.9 Å². The Kier molecular flexibility index (Phi) is 5.52. The molecule has 5 rings (SSSR count). The van der Waals surface area contributed by atoms with Gasteiger partial charge < -0.3 is 4.90 Å². The van der Waals surface area contributed by atoms with E-state index in [1.54, 1.807) is 28.8 Å². The average molecular weight is 441 g/mol. The zero-order chi connectivity index (χ0) is 20.5. The smallest absolute Gasteiger partial charge is 0.234 e. The number of carbonyl (C=O) groups excluding carboxylic acids is 1. The summed E-state index contributed by atoms with van der Waals surface area (Å²) in [5.41, 5.74) is 1.56. The number of nitrogens with zero attached hydrogens (tertiary/aromatic N) is 4. The summed E-state index contributed by atoms with van der Waals surface area (Å²) in [5.74, 6) is 2.19. The van der Waals surface area contributed by atoms with Gasteiger partial charge in [0.1, 0.15) is 17.0 Å². The third kappa shape index (κ3) is 3.98. The predicted molar refractivity (Wildman–Crippen MR) is 117 cm³/mol. The van der Waals surface area contributed by atoms with E-state index in [1.165, 1.54) is 17.8 Å². The summed E-state index contributed by atoms with van der Waals surface area (Å²) in [6, 6.07) is 16.7. The molecule has 2 aromatic carbocycles. The second kappa shape index (κ2) is 8.43. The van der Waals surface area contributed by atoms with E-state index < -0.39 is 0 Å². The molecule has 2 aliphatic rings. The lowest BCUT2D eigenvalue weighted by Crippen LogP contribution is -2.32. The van der Waals surface area contributed by atoms with Crippen LogP contribution in [0.1, 0.15) is 35.5 Å². The Labute approximate surface area is 183 Å². The lowest BCUT2D eigenvalue weighted by Gasteiger charge is -2.24. The van der Waals surface area contributed by atoms with Crippen LogP contribution in [0.15, 0.2) is 59.8 Å². The first-order valence-electron chi connectivity index (χ1n) is 10.0. The monoisotopic (exact) mass is 440 g/mol. The van der Waals surface area contributed by atoms with Crippen LogP contribution in [-0.4, -0.2) is 43.6 Å². The van der Waals surface area contributed by atoms with Gasteiger partial charge in [-0.1, -0.05) is 48.2 Å². The minimum atomic E-state index is -0.267. The number of para-hydroxylation sites is 1. The summed E-state index contributed by atoms with van der Waals surface area (Å²) >= 11 is 2.96. The molecule has 2 fully saturated rings. The molecule has 1 aliphatic carbocycles. The van der Waals surface area contributed by atoms with Gasteiger partial charge in [-0.25, -0.2) is 14.1 Å². The van der Waals surface area contributed by atoms with Crippen molar-refractivity contribution in [1.82, 2.24) is 19.7 Å². The van der Waals surface area contributed by atoms with Crippen molar-refractivity contribution >= 4 is 29.4 Å². The highest BCUT2D eigenvalue weighted by Gasteiger charge is 2.33. The first-order chi connectivity index (χ1) is 14.7. The minimum Gasteiger partial charge on any atom is -0.325 e. The SMILES string of the molecule is O=C(CSc1nc(C2CC2)n(-c2ccccc2)n1)N1CCS[C@@H]1c1ccccc1F. The first-order valence-corrected chi connectivity index (χ1v) is 12.0. The van der Waals surface area contributed by atoms with Crippen molar-refractivity contribution in [3.05, 3.63) is 71.8 Å². The summed E-state index contributed by atoms with van der Waals surface area (Å²) in [6.45, 7) is 0.627. The number of amides is 1. The van der Waals surface area contributed by atoms with Crippen LogP contribution in [0.2, 0.25) is 0 Å². The molecule has 1 atom stereocenters. The van der Waals surface area contributed by atoms with Crippen LogP contribution in [0.3, 0.4) is 0 Å². The fourth-order valence-corrected chi connectivity index (χ4v) is 5.61. The highest BCUT2D eigenvalue weighted by atomic mass is 32.2. The molecule has 0 bridgehead atoms. The van der Waals surface area contributed by atoms with Crippen molar-refractivity contribution in [3.63, 3.8) is 0 Å². The van der Waals surface area contributed by atoms with Gasteiger partial charge in [-0.15, -0.1) is 16.9 Å². The predicted octanol–water partition coefficient (Wildman–Crippen LogP) is 4.65. The van der Waals surface area contributed by atoms with E-state index in [9.17, 15) is 9.18 Å². The van der Waals surface area contributed by atoms with Crippen molar-refractivity contribution < 1.29 is 9.18 Å². The molecule has 154 valence electrons. The Bertz CT molecular complexity index is 1050. The van der Waals surface area contributed by atoms with Gasteiger partial charge in [0.25, 0.3) is 0 Å². The van der Waals surface area contributed by atoms with Gasteiger partial charge in [-0.05, 0) is 31.0 Å². The lowest BCUT2D eigenvalue weighted by molar-refractivity contribution is -0.128. The van der Waals surface area contributed by atoms with Crippen molar-refractivity contribution in [2.75, 3.05) is 18.1 Å². The molecule has 1 aromatic heterocycles. The largest absolute Gasteiger partial charge is 0.325 e. The van der Waals surface area contributed by atoms with Gasteiger partial charge in [-0.3, -0.25) is 4.79 Å². The fraction of sp³-hybridized carbons (Fsp3) is 0.318. The number of hydrogen-bond donors (Lipinski definition) is 0. The molecule has 0 N–H and O–H groups in total. The Hall–Kier alpha value is -2.32. The van der Waals surface area contributed by atoms with Gasteiger partial charge in [0.05, 0.1) is 11.4 Å². The Morgan fingerprint density at radius 3 is 2.67 bits per heavy atom. The number of aromatic nitrogens is 3. The number of hydrogen-bond acceptors (Lipinski definition) is 5. The number of benzene rings is 2. The van der Waals surface area contributed by atoms with Crippen LogP contribution < -0.4 is 0 Å². The van der Waals surface area contributed by atoms with E-state index in [2.05, 4.69) is 5.10 Å². The summed E-state index contributed by atoms with van der Waals surface area (Å²) in [4.78, 5) is 19.4. The molecule has 8 heteroatoms. The molecule has 3 aromatic rings. The van der Waals surface area contributed by atoms with Crippen LogP contribution in [-0.2, 0) is 4.79 Å². The first kappa shape index (κ1) is 19.6. The van der Waals surface area contributed by atoms with Gasteiger partial charge in [0, 0.05) is 23.8 Å². The van der Waals surface area contributed by atoms with Crippen LogP contribution >= 0.6 is 23.5 Å². The maximum Gasteiger partial charge on any atom is 0.234 e. The van der Waals surface area contributed by atoms with E-state index in [1.807, 2.05) is 41.1 Å². The molecule has 1 amide bonds. The Morgan fingerprint density at radius 1 is 1.13 bits per heavy atom. The zero-order valence-corrected chi connectivity index (χ0v) is 17.9. The maximum absolute atomic E-state index is 14.2. The molecule has 0 radical (unpaired) electrons. The second-order valence-electron chi connectivity index (χ2n) is 7.39. The molecule has 5 nitrogen and oxygen atoms in total. The highest BCUT2D eigenvalue weighted by molar-refractivity contribution is 8.00. The molecule has 1 saturated heterocycles. The van der Waals surface area contributed by atoms with Crippen LogP contribution in [0.25, 0.3) is 5.69 Å². The van der Waals surface area contributed by atoms with Gasteiger partial charge in [0.15, 0.2) is 0 Å².